The van der Waals surface area contributed by atoms with E-state index in [-0.39, 0.29) is 5.91 Å². The fourth-order valence-corrected chi connectivity index (χ4v) is 0.994. The highest BCUT2D eigenvalue weighted by molar-refractivity contribution is 5.77. The van der Waals surface area contributed by atoms with Crippen LogP contribution in [0.2, 0.25) is 0 Å². The summed E-state index contributed by atoms with van der Waals surface area (Å²) < 4.78 is 0. The van der Waals surface area contributed by atoms with Crippen molar-refractivity contribution in [1.82, 2.24) is 20.2 Å². The van der Waals surface area contributed by atoms with Crippen molar-refractivity contribution in [3.8, 4) is 0 Å². The van der Waals surface area contributed by atoms with Gasteiger partial charge in [-0.2, -0.15) is 0 Å². The third-order valence-electron chi connectivity index (χ3n) is 2.02. The monoisotopic (exact) mass is 196 g/mol. The second kappa shape index (κ2) is 5.39. The molecule has 0 saturated carbocycles. The minimum Gasteiger partial charge on any atom is -0.348 e. The molecule has 1 rings (SSSR count). The molecule has 14 heavy (non-hydrogen) atoms. The van der Waals surface area contributed by atoms with Gasteiger partial charge in [0.05, 0.1) is 13.1 Å². The topological polar surface area (TPSA) is 61.0 Å². The number of carbonyl (C=O) groups excluding carboxylic acids is 1. The van der Waals surface area contributed by atoms with Gasteiger partial charge in [-0.3, -0.25) is 4.79 Å². The van der Waals surface area contributed by atoms with Crippen LogP contribution >= 0.6 is 0 Å². The molecule has 1 aromatic heterocycles. The lowest BCUT2D eigenvalue weighted by Crippen LogP contribution is -2.35. The van der Waals surface area contributed by atoms with Crippen molar-refractivity contribution in [1.29, 1.82) is 0 Å². The van der Waals surface area contributed by atoms with E-state index in [1.165, 1.54) is 0 Å². The maximum atomic E-state index is 11.3. The summed E-state index contributed by atoms with van der Waals surface area (Å²) in [5, 5.41) is 3.02. The molecule has 0 aliphatic rings. The molecule has 5 heteroatoms. The zero-order valence-electron chi connectivity index (χ0n) is 8.58. The average Bonchev–Trinajstić information content (AvgIpc) is 2.69. The summed E-state index contributed by atoms with van der Waals surface area (Å²) in [6.07, 6.45) is 3.45. The number of nitrogens with zero attached hydrogens (tertiary/aromatic N) is 2. The largest absolute Gasteiger partial charge is 0.348 e. The first-order valence-electron chi connectivity index (χ1n) is 4.67. The minimum atomic E-state index is 0.0963. The molecule has 0 aliphatic carbocycles. The summed E-state index contributed by atoms with van der Waals surface area (Å²) in [6, 6.07) is 0. The molecule has 0 radical (unpaired) electrons. The Labute approximate surface area is 83.5 Å². The third-order valence-corrected chi connectivity index (χ3v) is 2.02. The molecule has 1 heterocycles. The van der Waals surface area contributed by atoms with E-state index in [1.807, 2.05) is 6.92 Å². The predicted octanol–water partition coefficient (Wildman–Crippen LogP) is -0.0224. The van der Waals surface area contributed by atoms with Crippen LogP contribution in [-0.2, 0) is 11.3 Å². The maximum Gasteiger partial charge on any atom is 0.236 e. The number of aromatic nitrogens is 2. The first-order chi connectivity index (χ1) is 6.74. The van der Waals surface area contributed by atoms with Crippen molar-refractivity contribution in [2.75, 3.05) is 20.1 Å². The summed E-state index contributed by atoms with van der Waals surface area (Å²) in [5.74, 6) is 0.941. The van der Waals surface area contributed by atoms with E-state index in [4.69, 9.17) is 0 Å². The van der Waals surface area contributed by atoms with Crippen molar-refractivity contribution in [2.24, 2.45) is 0 Å². The summed E-state index contributed by atoms with van der Waals surface area (Å²) in [4.78, 5) is 20.0. The number of likely N-dealkylation sites (N-methyl/N-ethyl adjacent to an activating group) is 1. The SMILES string of the molecule is CCN(C)C(=O)CNCc1ncc[nH]1. The first kappa shape index (κ1) is 10.7. The van der Waals surface area contributed by atoms with Gasteiger partial charge in [0.15, 0.2) is 0 Å². The molecule has 0 aliphatic heterocycles. The van der Waals surface area contributed by atoms with E-state index in [9.17, 15) is 4.79 Å². The Morgan fingerprint density at radius 2 is 2.50 bits per heavy atom. The summed E-state index contributed by atoms with van der Waals surface area (Å²) in [7, 11) is 1.79. The van der Waals surface area contributed by atoms with Gasteiger partial charge in [-0.05, 0) is 6.92 Å². The molecule has 78 valence electrons. The Morgan fingerprint density at radius 3 is 3.07 bits per heavy atom. The lowest BCUT2D eigenvalue weighted by atomic mass is 10.5. The van der Waals surface area contributed by atoms with Gasteiger partial charge in [0.1, 0.15) is 5.82 Å². The van der Waals surface area contributed by atoms with Gasteiger partial charge in [-0.1, -0.05) is 0 Å². The zero-order valence-corrected chi connectivity index (χ0v) is 8.58. The molecule has 0 bridgehead atoms. The second-order valence-electron chi connectivity index (χ2n) is 3.05. The van der Waals surface area contributed by atoms with Crippen LogP contribution in [0.5, 0.6) is 0 Å². The number of H-pyrrole nitrogens is 1. The lowest BCUT2D eigenvalue weighted by molar-refractivity contribution is -0.128. The Morgan fingerprint density at radius 1 is 1.71 bits per heavy atom. The van der Waals surface area contributed by atoms with Crippen LogP contribution in [0.25, 0.3) is 0 Å². The highest BCUT2D eigenvalue weighted by Crippen LogP contribution is 1.87. The van der Waals surface area contributed by atoms with E-state index in [0.29, 0.717) is 13.1 Å². The van der Waals surface area contributed by atoms with Crippen molar-refractivity contribution in [3.63, 3.8) is 0 Å². The molecule has 0 fully saturated rings. The smallest absolute Gasteiger partial charge is 0.236 e. The minimum absolute atomic E-state index is 0.0963. The molecule has 2 N–H and O–H groups in total. The molecule has 0 spiro atoms. The normalized spacial score (nSPS) is 10.1. The molecule has 0 saturated heterocycles. The van der Waals surface area contributed by atoms with Gasteiger partial charge in [0, 0.05) is 26.0 Å². The van der Waals surface area contributed by atoms with E-state index in [0.717, 1.165) is 12.4 Å². The van der Waals surface area contributed by atoms with E-state index >= 15 is 0 Å². The number of carbonyl (C=O) groups is 1. The molecular formula is C9H16N4O. The van der Waals surface area contributed by atoms with Crippen LogP contribution in [0.3, 0.4) is 0 Å². The summed E-state index contributed by atoms with van der Waals surface area (Å²) in [5.41, 5.74) is 0. The molecular weight excluding hydrogens is 180 g/mol. The lowest BCUT2D eigenvalue weighted by Gasteiger charge is -2.14. The van der Waals surface area contributed by atoms with Crippen molar-refractivity contribution < 1.29 is 4.79 Å². The molecule has 1 aromatic rings. The van der Waals surface area contributed by atoms with Crippen LogP contribution in [0.1, 0.15) is 12.7 Å². The number of imidazole rings is 1. The summed E-state index contributed by atoms with van der Waals surface area (Å²) >= 11 is 0. The first-order valence-corrected chi connectivity index (χ1v) is 4.67. The van der Waals surface area contributed by atoms with E-state index in [2.05, 4.69) is 15.3 Å². The fourth-order valence-electron chi connectivity index (χ4n) is 0.994. The van der Waals surface area contributed by atoms with Crippen LogP contribution < -0.4 is 5.32 Å². The zero-order chi connectivity index (χ0) is 10.4. The molecule has 0 aromatic carbocycles. The number of hydrogen-bond acceptors (Lipinski definition) is 3. The van der Waals surface area contributed by atoms with Crippen molar-refractivity contribution in [3.05, 3.63) is 18.2 Å². The van der Waals surface area contributed by atoms with E-state index in [1.54, 1.807) is 24.3 Å². The van der Waals surface area contributed by atoms with Gasteiger partial charge in [0.25, 0.3) is 0 Å². The maximum absolute atomic E-state index is 11.3. The number of amides is 1. The predicted molar refractivity (Wildman–Crippen MR) is 53.6 cm³/mol. The van der Waals surface area contributed by atoms with Crippen LogP contribution in [0.15, 0.2) is 12.4 Å². The fraction of sp³-hybridized carbons (Fsp3) is 0.556. The highest BCUT2D eigenvalue weighted by atomic mass is 16.2. The van der Waals surface area contributed by atoms with Crippen molar-refractivity contribution >= 4 is 5.91 Å². The molecule has 5 nitrogen and oxygen atoms in total. The van der Waals surface area contributed by atoms with Gasteiger partial charge in [-0.15, -0.1) is 0 Å². The summed E-state index contributed by atoms with van der Waals surface area (Å²) in [6.45, 7) is 3.63. The Hall–Kier alpha value is -1.36. The Balaban J connectivity index is 2.18. The number of nitrogens with one attached hydrogen (secondary N) is 2. The molecule has 0 atom stereocenters. The number of hydrogen-bond donors (Lipinski definition) is 2. The standard InChI is InChI=1S/C9H16N4O/c1-3-13(2)9(14)7-10-6-8-11-4-5-12-8/h4-5,10H,3,6-7H2,1-2H3,(H,11,12). The second-order valence-corrected chi connectivity index (χ2v) is 3.05. The van der Waals surface area contributed by atoms with Crippen LogP contribution in [0, 0.1) is 0 Å². The Kier molecular flexibility index (Phi) is 4.12. The number of aromatic amines is 1. The molecule has 0 unspecified atom stereocenters. The van der Waals surface area contributed by atoms with E-state index < -0.39 is 0 Å². The quantitative estimate of drug-likeness (QED) is 0.695. The molecule has 1 amide bonds. The van der Waals surface area contributed by atoms with Gasteiger partial charge < -0.3 is 15.2 Å². The van der Waals surface area contributed by atoms with Crippen molar-refractivity contribution in [2.45, 2.75) is 13.5 Å². The van der Waals surface area contributed by atoms with Gasteiger partial charge in [0.2, 0.25) is 5.91 Å². The van der Waals surface area contributed by atoms with Gasteiger partial charge in [-0.25, -0.2) is 4.98 Å². The average molecular weight is 196 g/mol. The van der Waals surface area contributed by atoms with Crippen LogP contribution in [0.4, 0.5) is 0 Å². The Bertz CT molecular complexity index is 270. The van der Waals surface area contributed by atoms with Gasteiger partial charge >= 0.3 is 0 Å². The third kappa shape index (κ3) is 3.18. The highest BCUT2D eigenvalue weighted by Gasteiger charge is 2.05. The number of rotatable bonds is 5. The van der Waals surface area contributed by atoms with Crippen LogP contribution in [-0.4, -0.2) is 40.9 Å².